The SMILES string of the molecule is CCCCPCC(C)CCC(CC)CCC.Cc1c(F)c(F)c(F)c(C(F)(F)F)c1-c1c(F)c(F)c(F)c(F)c1F. The van der Waals surface area contributed by atoms with Crippen LogP contribution in [0.1, 0.15) is 83.8 Å². The van der Waals surface area contributed by atoms with E-state index in [0.29, 0.717) is 6.92 Å². The van der Waals surface area contributed by atoms with Crippen LogP contribution >= 0.6 is 8.58 Å². The molecule has 0 aliphatic rings. The van der Waals surface area contributed by atoms with Crippen molar-refractivity contribution in [2.75, 3.05) is 12.3 Å². The largest absolute Gasteiger partial charge is 0.419 e. The summed E-state index contributed by atoms with van der Waals surface area (Å²) in [7, 11) is 1.22. The van der Waals surface area contributed by atoms with Crippen LogP contribution < -0.4 is 0 Å². The van der Waals surface area contributed by atoms with Crippen molar-refractivity contribution >= 4 is 8.58 Å². The van der Waals surface area contributed by atoms with Gasteiger partial charge in [0.25, 0.3) is 0 Å². The summed E-state index contributed by atoms with van der Waals surface area (Å²) in [6.07, 6.45) is 7.09. The highest BCUT2D eigenvalue weighted by Gasteiger charge is 2.43. The smallest absolute Gasteiger partial charge is 0.203 e. The third-order valence-corrected chi connectivity index (χ3v) is 8.54. The van der Waals surface area contributed by atoms with Gasteiger partial charge in [-0.25, -0.2) is 35.1 Å². The summed E-state index contributed by atoms with van der Waals surface area (Å²) < 4.78 is 146. The summed E-state index contributed by atoms with van der Waals surface area (Å²) in [5, 5.41) is 0. The van der Waals surface area contributed by atoms with Gasteiger partial charge in [0.1, 0.15) is 5.56 Å². The lowest BCUT2D eigenvalue weighted by molar-refractivity contribution is -0.139. The third-order valence-electron chi connectivity index (χ3n) is 6.84. The van der Waals surface area contributed by atoms with Crippen molar-refractivity contribution in [2.45, 2.75) is 85.7 Å². The number of rotatable bonds is 12. The van der Waals surface area contributed by atoms with E-state index in [0.717, 1.165) is 11.8 Å². The van der Waals surface area contributed by atoms with Crippen LogP contribution in [0.3, 0.4) is 0 Å². The van der Waals surface area contributed by atoms with E-state index in [-0.39, 0.29) is 0 Å². The van der Waals surface area contributed by atoms with Gasteiger partial charge in [0.2, 0.25) is 5.82 Å². The summed E-state index contributed by atoms with van der Waals surface area (Å²) in [6, 6.07) is 0. The molecule has 2 rings (SSSR count). The fraction of sp³-hybridized carbons (Fsp3) is 0.586. The van der Waals surface area contributed by atoms with E-state index < -0.39 is 75.0 Å². The fourth-order valence-electron chi connectivity index (χ4n) is 4.41. The van der Waals surface area contributed by atoms with Crippen molar-refractivity contribution in [3.05, 3.63) is 57.7 Å². The Kier molecular flexibility index (Phi) is 15.1. The average Bonchev–Trinajstić information content (AvgIpc) is 2.92. The van der Waals surface area contributed by atoms with Gasteiger partial charge >= 0.3 is 6.18 Å². The van der Waals surface area contributed by atoms with Crippen molar-refractivity contribution in [2.24, 2.45) is 11.8 Å². The maximum atomic E-state index is 13.8. The molecule has 0 bridgehead atoms. The zero-order valence-corrected chi connectivity index (χ0v) is 24.7. The highest BCUT2D eigenvalue weighted by Crippen LogP contribution is 2.45. The molecule has 3 unspecified atom stereocenters. The number of benzene rings is 2. The first-order valence-electron chi connectivity index (χ1n) is 13.5. The molecule has 0 saturated carbocycles. The monoisotopic (exact) mass is 624 g/mol. The number of unbranched alkanes of at least 4 members (excludes halogenated alkanes) is 1. The summed E-state index contributed by atoms with van der Waals surface area (Å²) >= 11 is 0. The van der Waals surface area contributed by atoms with Crippen LogP contribution in [-0.2, 0) is 6.18 Å². The molecular weight excluding hydrogens is 588 g/mol. The highest BCUT2D eigenvalue weighted by molar-refractivity contribution is 7.37. The van der Waals surface area contributed by atoms with Crippen LogP contribution in [0.5, 0.6) is 0 Å². The molecule has 0 N–H and O–H groups in total. The van der Waals surface area contributed by atoms with E-state index in [2.05, 4.69) is 27.7 Å². The summed E-state index contributed by atoms with van der Waals surface area (Å²) in [5.74, 6) is -19.2. The van der Waals surface area contributed by atoms with Gasteiger partial charge in [-0.2, -0.15) is 13.2 Å². The van der Waals surface area contributed by atoms with Crippen molar-refractivity contribution in [1.82, 2.24) is 0 Å². The maximum absolute atomic E-state index is 13.8. The van der Waals surface area contributed by atoms with E-state index in [4.69, 9.17) is 0 Å². The molecule has 2 aromatic rings. The molecule has 0 radical (unpaired) electrons. The lowest BCUT2D eigenvalue weighted by atomic mass is 9.92. The van der Waals surface area contributed by atoms with Gasteiger partial charge in [-0.1, -0.05) is 66.2 Å². The Morgan fingerprint density at radius 1 is 0.634 bits per heavy atom. The zero-order valence-electron chi connectivity index (χ0n) is 23.7. The molecule has 41 heavy (non-hydrogen) atoms. The topological polar surface area (TPSA) is 0 Å². The van der Waals surface area contributed by atoms with E-state index in [9.17, 15) is 48.3 Å². The molecule has 0 spiro atoms. The molecule has 3 atom stereocenters. The van der Waals surface area contributed by atoms with Gasteiger partial charge in [-0.3, -0.25) is 0 Å². The quantitative estimate of drug-likeness (QED) is 0.0725. The summed E-state index contributed by atoms with van der Waals surface area (Å²) in [6.45, 7) is 9.79. The number of hydrogen-bond donors (Lipinski definition) is 0. The Balaban J connectivity index is 0.000000456. The van der Waals surface area contributed by atoms with Crippen LogP contribution in [0.25, 0.3) is 11.1 Å². The van der Waals surface area contributed by atoms with Crippen LogP contribution in [0.15, 0.2) is 0 Å². The maximum Gasteiger partial charge on any atom is 0.419 e. The Morgan fingerprint density at radius 3 is 1.61 bits per heavy atom. The lowest BCUT2D eigenvalue weighted by Gasteiger charge is -2.19. The molecule has 0 fully saturated rings. The predicted octanol–water partition coefficient (Wildman–Crippen LogP) is 11.5. The van der Waals surface area contributed by atoms with E-state index in [1.54, 1.807) is 0 Å². The minimum Gasteiger partial charge on any atom is -0.203 e. The zero-order chi connectivity index (χ0) is 31.7. The molecule has 0 saturated heterocycles. The summed E-state index contributed by atoms with van der Waals surface area (Å²) in [5.41, 5.74) is -8.45. The number of halogens is 11. The Labute approximate surface area is 235 Å². The fourth-order valence-corrected chi connectivity index (χ4v) is 5.92. The molecule has 12 heteroatoms. The minimum absolute atomic E-state index is 0.362. The van der Waals surface area contributed by atoms with Gasteiger partial charge in [0.15, 0.2) is 40.7 Å². The first-order valence-corrected chi connectivity index (χ1v) is 14.9. The van der Waals surface area contributed by atoms with Crippen LogP contribution in [0.2, 0.25) is 0 Å². The van der Waals surface area contributed by atoms with Crippen molar-refractivity contribution in [3.63, 3.8) is 0 Å². The van der Waals surface area contributed by atoms with Gasteiger partial charge in [-0.05, 0) is 43.1 Å². The third kappa shape index (κ3) is 9.55. The Morgan fingerprint density at radius 2 is 1.15 bits per heavy atom. The minimum atomic E-state index is -5.83. The van der Waals surface area contributed by atoms with Gasteiger partial charge in [-0.15, -0.1) is 8.58 Å². The molecule has 0 nitrogen and oxygen atoms in total. The first-order chi connectivity index (χ1) is 19.1. The van der Waals surface area contributed by atoms with Gasteiger partial charge < -0.3 is 0 Å². The normalized spacial score (nSPS) is 13.5. The van der Waals surface area contributed by atoms with Crippen LogP contribution in [0.4, 0.5) is 48.3 Å². The molecule has 0 heterocycles. The predicted molar refractivity (Wildman–Crippen MR) is 141 cm³/mol. The molecule has 0 aromatic heterocycles. The van der Waals surface area contributed by atoms with Crippen LogP contribution in [0, 0.1) is 65.3 Å². The van der Waals surface area contributed by atoms with Crippen LogP contribution in [-0.4, -0.2) is 12.3 Å². The number of hydrogen-bond acceptors (Lipinski definition) is 0. The standard InChI is InChI=1S/C15H33P.C14H3F11/c1-5-8-12-16-13-14(4)10-11-15(7-3)9-6-2;1-2-3(4-7(16)11(20)13(22)12(21)8(4)17)5(14(23,24)25)9(18)10(19)6(2)15/h14-16H,5-13H2,1-4H3;1H3. The van der Waals surface area contributed by atoms with Gasteiger partial charge in [0, 0.05) is 5.56 Å². The molecule has 2 aromatic carbocycles. The van der Waals surface area contributed by atoms with E-state index in [1.807, 2.05) is 0 Å². The first kappa shape index (κ1) is 37.1. The molecule has 0 aliphatic heterocycles. The Hall–Kier alpha value is -1.90. The molecule has 0 aliphatic carbocycles. The second kappa shape index (κ2) is 16.7. The van der Waals surface area contributed by atoms with Crippen molar-refractivity contribution in [3.8, 4) is 11.1 Å². The second-order valence-electron chi connectivity index (χ2n) is 10.1. The van der Waals surface area contributed by atoms with E-state index in [1.165, 1.54) is 65.9 Å². The second-order valence-corrected chi connectivity index (χ2v) is 11.5. The number of alkyl halides is 3. The molecule has 234 valence electrons. The molecule has 0 amide bonds. The Bertz CT molecular complexity index is 1120. The van der Waals surface area contributed by atoms with Gasteiger partial charge in [0.05, 0.1) is 5.56 Å². The lowest BCUT2D eigenvalue weighted by Crippen LogP contribution is -2.17. The molecular formula is C29H36F11P. The average molecular weight is 625 g/mol. The van der Waals surface area contributed by atoms with E-state index >= 15 is 0 Å². The summed E-state index contributed by atoms with van der Waals surface area (Å²) in [4.78, 5) is 0. The van der Waals surface area contributed by atoms with Crippen molar-refractivity contribution < 1.29 is 48.3 Å². The van der Waals surface area contributed by atoms with Crippen molar-refractivity contribution in [1.29, 1.82) is 0 Å². The highest BCUT2D eigenvalue weighted by atomic mass is 31.1.